The van der Waals surface area contributed by atoms with Crippen molar-refractivity contribution < 1.29 is 0 Å². The third-order valence-corrected chi connectivity index (χ3v) is 1.44. The van der Waals surface area contributed by atoms with Gasteiger partial charge in [-0.25, -0.2) is 4.98 Å². The molecule has 1 aliphatic heterocycles. The molecule has 5 heteroatoms. The zero-order valence-corrected chi connectivity index (χ0v) is 5.78. The number of anilines is 2. The van der Waals surface area contributed by atoms with Gasteiger partial charge < -0.3 is 11.1 Å². The minimum atomic E-state index is 0.284. The molecule has 3 N–H and O–H groups in total. The maximum Gasteiger partial charge on any atom is 0.221 e. The zero-order chi connectivity index (χ0) is 7.68. The van der Waals surface area contributed by atoms with E-state index in [9.17, 15) is 0 Å². The van der Waals surface area contributed by atoms with Crippen LogP contribution in [-0.4, -0.2) is 16.3 Å². The number of fused-ring (bicyclic) bond motifs is 1. The molecule has 0 saturated heterocycles. The summed E-state index contributed by atoms with van der Waals surface area (Å²) in [5, 5.41) is 2.88. The van der Waals surface area contributed by atoms with Crippen molar-refractivity contribution in [3.05, 3.63) is 11.8 Å². The summed E-state index contributed by atoms with van der Waals surface area (Å²) in [6.45, 7) is 0.628. The van der Waals surface area contributed by atoms with Gasteiger partial charge in [0.05, 0.1) is 12.9 Å². The number of nitrogen functional groups attached to an aromatic ring is 1. The topological polar surface area (TPSA) is 76.2 Å². The fourth-order valence-corrected chi connectivity index (χ4v) is 0.912. The van der Waals surface area contributed by atoms with Crippen LogP contribution in [0, 0.1) is 0 Å². The number of rotatable bonds is 0. The third-order valence-electron chi connectivity index (χ3n) is 1.44. The summed E-state index contributed by atoms with van der Waals surface area (Å²) >= 11 is 0. The molecule has 0 aromatic carbocycles. The summed E-state index contributed by atoms with van der Waals surface area (Å²) in [5.74, 6) is 1.04. The molecule has 0 saturated carbocycles. The van der Waals surface area contributed by atoms with Crippen molar-refractivity contribution in [3.63, 3.8) is 0 Å². The molecule has 2 rings (SSSR count). The van der Waals surface area contributed by atoms with Crippen LogP contribution < -0.4 is 11.1 Å². The molecule has 1 aromatic heterocycles. The molecule has 5 nitrogen and oxygen atoms in total. The van der Waals surface area contributed by atoms with Crippen LogP contribution in [-0.2, 0) is 6.54 Å². The standard InChI is InChI=1S/C6H7N5/c7-6-9-2-4-1-8-3-10-5(4)11-6/h2-3H,1H2,(H3,7,8,9,10,11). The molecule has 0 unspecified atom stereocenters. The molecule has 0 spiro atoms. The Bertz CT molecular complexity index is 306. The molecule has 0 atom stereocenters. The van der Waals surface area contributed by atoms with Crippen LogP contribution >= 0.6 is 0 Å². The van der Waals surface area contributed by atoms with E-state index in [0.29, 0.717) is 6.54 Å². The Labute approximate surface area is 63.4 Å². The minimum Gasteiger partial charge on any atom is -0.368 e. The van der Waals surface area contributed by atoms with Gasteiger partial charge in [0.2, 0.25) is 5.95 Å². The second-order valence-corrected chi connectivity index (χ2v) is 2.22. The average molecular weight is 149 g/mol. The Morgan fingerprint density at radius 3 is 3.36 bits per heavy atom. The zero-order valence-electron chi connectivity index (χ0n) is 5.78. The SMILES string of the molecule is Nc1ncc2c(n1)NC=NC2. The highest BCUT2D eigenvalue weighted by atomic mass is 15.1. The van der Waals surface area contributed by atoms with E-state index in [-0.39, 0.29) is 5.95 Å². The normalized spacial score (nSPS) is 13.8. The monoisotopic (exact) mass is 149 g/mol. The van der Waals surface area contributed by atoms with Gasteiger partial charge in [0, 0.05) is 11.8 Å². The van der Waals surface area contributed by atoms with Gasteiger partial charge in [-0.2, -0.15) is 4.98 Å². The molecule has 0 aliphatic carbocycles. The van der Waals surface area contributed by atoms with Gasteiger partial charge in [0.1, 0.15) is 5.82 Å². The number of nitrogens with zero attached hydrogens (tertiary/aromatic N) is 3. The molecule has 0 amide bonds. The highest BCUT2D eigenvalue weighted by molar-refractivity contribution is 5.77. The summed E-state index contributed by atoms with van der Waals surface area (Å²) in [4.78, 5) is 11.8. The lowest BCUT2D eigenvalue weighted by atomic mass is 10.3. The first-order valence-corrected chi connectivity index (χ1v) is 3.22. The number of aromatic nitrogens is 2. The largest absolute Gasteiger partial charge is 0.368 e. The van der Waals surface area contributed by atoms with E-state index in [1.807, 2.05) is 0 Å². The van der Waals surface area contributed by atoms with E-state index < -0.39 is 0 Å². The first-order valence-electron chi connectivity index (χ1n) is 3.22. The highest BCUT2D eigenvalue weighted by Crippen LogP contribution is 2.14. The van der Waals surface area contributed by atoms with E-state index >= 15 is 0 Å². The van der Waals surface area contributed by atoms with Crippen LogP contribution in [0.2, 0.25) is 0 Å². The Balaban J connectivity index is 2.48. The predicted octanol–water partition coefficient (Wildman–Crippen LogP) is 0.0126. The lowest BCUT2D eigenvalue weighted by molar-refractivity contribution is 1.01. The second-order valence-electron chi connectivity index (χ2n) is 2.22. The third kappa shape index (κ3) is 1.000. The van der Waals surface area contributed by atoms with Crippen LogP contribution in [0.3, 0.4) is 0 Å². The lowest BCUT2D eigenvalue weighted by Gasteiger charge is -2.09. The lowest BCUT2D eigenvalue weighted by Crippen LogP contribution is -2.09. The van der Waals surface area contributed by atoms with Crippen molar-refractivity contribution in [3.8, 4) is 0 Å². The van der Waals surface area contributed by atoms with Crippen LogP contribution in [0.4, 0.5) is 11.8 Å². The fraction of sp³-hybridized carbons (Fsp3) is 0.167. The fourth-order valence-electron chi connectivity index (χ4n) is 0.912. The Kier molecular flexibility index (Phi) is 1.21. The number of hydrogen-bond acceptors (Lipinski definition) is 5. The molecule has 1 aliphatic rings. The van der Waals surface area contributed by atoms with Crippen LogP contribution in [0.1, 0.15) is 5.56 Å². The molecule has 0 radical (unpaired) electrons. The van der Waals surface area contributed by atoms with Crippen molar-refractivity contribution in [1.82, 2.24) is 9.97 Å². The van der Waals surface area contributed by atoms with Crippen LogP contribution in [0.15, 0.2) is 11.2 Å². The average Bonchev–Trinajstić information content (AvgIpc) is 2.04. The van der Waals surface area contributed by atoms with E-state index in [4.69, 9.17) is 5.73 Å². The van der Waals surface area contributed by atoms with Gasteiger partial charge >= 0.3 is 0 Å². The van der Waals surface area contributed by atoms with E-state index in [2.05, 4.69) is 20.3 Å². The first-order chi connectivity index (χ1) is 5.36. The molecular formula is C6H7N5. The minimum absolute atomic E-state index is 0.284. The smallest absolute Gasteiger partial charge is 0.221 e. The number of hydrogen-bond donors (Lipinski definition) is 2. The van der Waals surface area contributed by atoms with Gasteiger partial charge in [-0.3, -0.25) is 4.99 Å². The van der Waals surface area contributed by atoms with Gasteiger partial charge in [0.15, 0.2) is 0 Å². The van der Waals surface area contributed by atoms with Crippen molar-refractivity contribution in [2.75, 3.05) is 11.1 Å². The van der Waals surface area contributed by atoms with Gasteiger partial charge in [-0.05, 0) is 0 Å². The van der Waals surface area contributed by atoms with Gasteiger partial charge in [0.25, 0.3) is 0 Å². The van der Waals surface area contributed by atoms with Crippen LogP contribution in [0.5, 0.6) is 0 Å². The van der Waals surface area contributed by atoms with Gasteiger partial charge in [-0.15, -0.1) is 0 Å². The van der Waals surface area contributed by atoms with E-state index in [1.54, 1.807) is 12.5 Å². The number of nitrogens with one attached hydrogen (secondary N) is 1. The molecule has 2 heterocycles. The Morgan fingerprint density at radius 2 is 2.45 bits per heavy atom. The predicted molar refractivity (Wildman–Crippen MR) is 42.3 cm³/mol. The first kappa shape index (κ1) is 6.09. The molecule has 11 heavy (non-hydrogen) atoms. The molecule has 0 fully saturated rings. The van der Waals surface area contributed by atoms with Gasteiger partial charge in [-0.1, -0.05) is 0 Å². The maximum atomic E-state index is 5.38. The quantitative estimate of drug-likeness (QED) is 0.545. The molecule has 0 bridgehead atoms. The van der Waals surface area contributed by atoms with Crippen molar-refractivity contribution in [2.24, 2.45) is 4.99 Å². The molecule has 1 aromatic rings. The van der Waals surface area contributed by atoms with E-state index in [1.165, 1.54) is 0 Å². The second kappa shape index (κ2) is 2.19. The summed E-state index contributed by atoms with van der Waals surface area (Å²) in [6, 6.07) is 0. The maximum absolute atomic E-state index is 5.38. The summed E-state index contributed by atoms with van der Waals surface area (Å²) < 4.78 is 0. The summed E-state index contributed by atoms with van der Waals surface area (Å²) in [6.07, 6.45) is 3.29. The van der Waals surface area contributed by atoms with Crippen molar-refractivity contribution in [1.29, 1.82) is 0 Å². The highest BCUT2D eigenvalue weighted by Gasteiger charge is 2.06. The van der Waals surface area contributed by atoms with Crippen molar-refractivity contribution in [2.45, 2.75) is 6.54 Å². The Hall–Kier alpha value is -1.65. The number of nitrogens with two attached hydrogens (primary N) is 1. The van der Waals surface area contributed by atoms with E-state index in [0.717, 1.165) is 11.4 Å². The van der Waals surface area contributed by atoms with Crippen LogP contribution in [0.25, 0.3) is 0 Å². The summed E-state index contributed by atoms with van der Waals surface area (Å²) in [7, 11) is 0. The summed E-state index contributed by atoms with van der Waals surface area (Å²) in [5.41, 5.74) is 6.35. The Morgan fingerprint density at radius 1 is 1.55 bits per heavy atom. The van der Waals surface area contributed by atoms with Crippen molar-refractivity contribution >= 4 is 18.1 Å². The number of aliphatic imine (C=N–C) groups is 1. The molecular weight excluding hydrogens is 142 g/mol. The molecule has 56 valence electrons.